The Morgan fingerprint density at radius 2 is 2.14 bits per heavy atom. The number of benzene rings is 1. The number of aromatic amines is 1. The van der Waals surface area contributed by atoms with Crippen LogP contribution in [0.2, 0.25) is 0 Å². The molecule has 0 saturated carbocycles. The molecule has 0 spiro atoms. The van der Waals surface area contributed by atoms with Crippen LogP contribution < -0.4 is 10.1 Å². The van der Waals surface area contributed by atoms with Crippen molar-refractivity contribution in [1.82, 2.24) is 15.3 Å². The van der Waals surface area contributed by atoms with Gasteiger partial charge in [0.1, 0.15) is 12.4 Å². The van der Waals surface area contributed by atoms with E-state index in [2.05, 4.69) is 20.3 Å². The van der Waals surface area contributed by atoms with E-state index in [0.29, 0.717) is 13.2 Å². The van der Waals surface area contributed by atoms with E-state index in [1.165, 1.54) is 0 Å². The molecule has 1 aliphatic heterocycles. The van der Waals surface area contributed by atoms with Crippen molar-refractivity contribution in [2.45, 2.75) is 0 Å². The number of rotatable bonds is 4. The van der Waals surface area contributed by atoms with Gasteiger partial charge in [0.2, 0.25) is 0 Å². The zero-order chi connectivity index (χ0) is 14.5. The summed E-state index contributed by atoms with van der Waals surface area (Å²) in [6.07, 6.45) is 7.45. The van der Waals surface area contributed by atoms with Gasteiger partial charge in [-0.15, -0.1) is 0 Å². The van der Waals surface area contributed by atoms with Crippen molar-refractivity contribution in [3.05, 3.63) is 48.6 Å². The average molecular weight is 300 g/mol. The lowest BCUT2D eigenvalue weighted by molar-refractivity contribution is 0.349. The Morgan fingerprint density at radius 1 is 1.29 bits per heavy atom. The molecule has 1 aromatic carbocycles. The van der Waals surface area contributed by atoms with Gasteiger partial charge >= 0.3 is 0 Å². The Morgan fingerprint density at radius 3 is 2.76 bits per heavy atom. The van der Waals surface area contributed by atoms with E-state index >= 15 is 0 Å². The molecule has 21 heavy (non-hydrogen) atoms. The van der Waals surface area contributed by atoms with Crippen LogP contribution in [0.15, 0.2) is 53.6 Å². The van der Waals surface area contributed by atoms with Crippen molar-refractivity contribution < 1.29 is 4.74 Å². The van der Waals surface area contributed by atoms with Gasteiger partial charge in [0, 0.05) is 11.8 Å². The fourth-order valence-corrected chi connectivity index (χ4v) is 2.33. The zero-order valence-electron chi connectivity index (χ0n) is 11.7. The maximum Gasteiger partial charge on any atom is 0.160 e. The monoisotopic (exact) mass is 300 g/mol. The molecule has 0 fully saturated rings. The predicted molar refractivity (Wildman–Crippen MR) is 86.6 cm³/mol. The van der Waals surface area contributed by atoms with Gasteiger partial charge in [0.05, 0.1) is 24.8 Å². The highest BCUT2D eigenvalue weighted by molar-refractivity contribution is 8.13. The number of H-pyrrole nitrogens is 1. The second-order valence-corrected chi connectivity index (χ2v) is 5.35. The molecule has 0 unspecified atom stereocenters. The molecule has 0 bridgehead atoms. The standard InChI is InChI=1S/C15H16N4OS/c1-21-15-17-6-11(7-18-15)9-20-13-4-2-12(3-5-13)14-8-16-10-19-14/h2-6,8,10H,7,9H2,1H3,(H,16,19)(H,17,18). The second kappa shape index (κ2) is 6.49. The molecule has 5 nitrogen and oxygen atoms in total. The maximum atomic E-state index is 5.78. The molecule has 1 aromatic heterocycles. The minimum atomic E-state index is 0.543. The van der Waals surface area contributed by atoms with Crippen LogP contribution in [-0.2, 0) is 0 Å². The van der Waals surface area contributed by atoms with Crippen LogP contribution in [0.4, 0.5) is 0 Å². The van der Waals surface area contributed by atoms with Crippen LogP contribution in [0.25, 0.3) is 11.3 Å². The van der Waals surface area contributed by atoms with Gasteiger partial charge in [-0.2, -0.15) is 0 Å². The molecule has 2 heterocycles. The highest BCUT2D eigenvalue weighted by Gasteiger charge is 2.06. The van der Waals surface area contributed by atoms with Gasteiger partial charge in [-0.3, -0.25) is 4.99 Å². The molecule has 108 valence electrons. The molecule has 0 radical (unpaired) electrons. The van der Waals surface area contributed by atoms with Crippen LogP contribution in [0.1, 0.15) is 0 Å². The van der Waals surface area contributed by atoms with E-state index in [1.807, 2.05) is 36.7 Å². The summed E-state index contributed by atoms with van der Waals surface area (Å²) in [4.78, 5) is 11.5. The number of hydrogen-bond acceptors (Lipinski definition) is 5. The predicted octanol–water partition coefficient (Wildman–Crippen LogP) is 2.66. The van der Waals surface area contributed by atoms with Crippen LogP contribution >= 0.6 is 11.8 Å². The van der Waals surface area contributed by atoms with Crippen molar-refractivity contribution in [2.24, 2.45) is 4.99 Å². The fourth-order valence-electron chi connectivity index (χ4n) is 1.96. The number of ether oxygens (including phenoxy) is 1. The molecule has 2 aromatic rings. The molecular weight excluding hydrogens is 284 g/mol. The topological polar surface area (TPSA) is 62.3 Å². The first-order valence-corrected chi connectivity index (χ1v) is 7.82. The summed E-state index contributed by atoms with van der Waals surface area (Å²) in [6, 6.07) is 7.95. The summed E-state index contributed by atoms with van der Waals surface area (Å²) in [7, 11) is 0. The van der Waals surface area contributed by atoms with Gasteiger partial charge in [0.25, 0.3) is 0 Å². The number of aromatic nitrogens is 2. The summed E-state index contributed by atoms with van der Waals surface area (Å²) in [5.41, 5.74) is 3.22. The number of thioether (sulfide) groups is 1. The van der Waals surface area contributed by atoms with Crippen molar-refractivity contribution in [2.75, 3.05) is 19.4 Å². The summed E-state index contributed by atoms with van der Waals surface area (Å²) in [6.45, 7) is 1.23. The highest BCUT2D eigenvalue weighted by atomic mass is 32.2. The van der Waals surface area contributed by atoms with Crippen LogP contribution in [0.5, 0.6) is 5.75 Å². The van der Waals surface area contributed by atoms with E-state index in [1.54, 1.807) is 24.3 Å². The Kier molecular flexibility index (Phi) is 4.25. The average Bonchev–Trinajstić information content (AvgIpc) is 3.08. The Labute approximate surface area is 127 Å². The minimum Gasteiger partial charge on any atom is -0.489 e. The van der Waals surface area contributed by atoms with Gasteiger partial charge < -0.3 is 15.0 Å². The lowest BCUT2D eigenvalue weighted by atomic mass is 10.1. The van der Waals surface area contributed by atoms with Crippen molar-refractivity contribution in [3.63, 3.8) is 0 Å². The maximum absolute atomic E-state index is 5.78. The van der Waals surface area contributed by atoms with Crippen LogP contribution in [-0.4, -0.2) is 34.5 Å². The van der Waals surface area contributed by atoms with Gasteiger partial charge in [-0.05, 0) is 36.1 Å². The molecule has 0 atom stereocenters. The number of nitrogens with zero attached hydrogens (tertiary/aromatic N) is 2. The van der Waals surface area contributed by atoms with E-state index < -0.39 is 0 Å². The second-order valence-electron chi connectivity index (χ2n) is 4.55. The van der Waals surface area contributed by atoms with E-state index in [0.717, 1.165) is 27.7 Å². The molecule has 6 heteroatoms. The van der Waals surface area contributed by atoms with Gasteiger partial charge in [-0.25, -0.2) is 4.98 Å². The highest BCUT2D eigenvalue weighted by Crippen LogP contribution is 2.20. The molecule has 0 amide bonds. The van der Waals surface area contributed by atoms with Crippen molar-refractivity contribution >= 4 is 16.9 Å². The third-order valence-electron chi connectivity index (χ3n) is 3.11. The third-order valence-corrected chi connectivity index (χ3v) is 3.74. The number of amidine groups is 1. The number of imidazole rings is 1. The Bertz CT molecular complexity index is 647. The molecule has 1 aliphatic rings. The normalized spacial score (nSPS) is 14.1. The van der Waals surface area contributed by atoms with E-state index in [-0.39, 0.29) is 0 Å². The summed E-state index contributed by atoms with van der Waals surface area (Å²) < 4.78 is 5.78. The summed E-state index contributed by atoms with van der Waals surface area (Å²) >= 11 is 1.61. The molecule has 0 saturated heterocycles. The molecule has 2 N–H and O–H groups in total. The molecule has 3 rings (SSSR count). The first-order valence-electron chi connectivity index (χ1n) is 6.59. The van der Waals surface area contributed by atoms with Gasteiger partial charge in [0.15, 0.2) is 5.17 Å². The smallest absolute Gasteiger partial charge is 0.160 e. The molecule has 0 aliphatic carbocycles. The lowest BCUT2D eigenvalue weighted by Gasteiger charge is -2.14. The summed E-state index contributed by atoms with van der Waals surface area (Å²) in [5.74, 6) is 0.846. The zero-order valence-corrected chi connectivity index (χ0v) is 12.5. The minimum absolute atomic E-state index is 0.543. The van der Waals surface area contributed by atoms with E-state index in [9.17, 15) is 0 Å². The number of aliphatic imine (C=N–C) groups is 1. The number of nitrogens with one attached hydrogen (secondary N) is 2. The van der Waals surface area contributed by atoms with Crippen LogP contribution in [0, 0.1) is 0 Å². The summed E-state index contributed by atoms with van der Waals surface area (Å²) in [5, 5.41) is 4.09. The first kappa shape index (κ1) is 13.8. The van der Waals surface area contributed by atoms with Crippen molar-refractivity contribution in [1.29, 1.82) is 0 Å². The first-order chi connectivity index (χ1) is 10.3. The van der Waals surface area contributed by atoms with Crippen molar-refractivity contribution in [3.8, 4) is 17.0 Å². The quantitative estimate of drug-likeness (QED) is 0.911. The van der Waals surface area contributed by atoms with Gasteiger partial charge in [-0.1, -0.05) is 11.8 Å². The van der Waals surface area contributed by atoms with E-state index in [4.69, 9.17) is 4.74 Å². The molecular formula is C15H16N4OS. The lowest BCUT2D eigenvalue weighted by Crippen LogP contribution is -2.21. The number of hydrogen-bond donors (Lipinski definition) is 2. The third kappa shape index (κ3) is 3.46. The Hall–Kier alpha value is -2.21. The Balaban J connectivity index is 1.56. The fraction of sp³-hybridized carbons (Fsp3) is 0.200. The van der Waals surface area contributed by atoms with Crippen LogP contribution in [0.3, 0.4) is 0 Å². The largest absolute Gasteiger partial charge is 0.489 e. The SMILES string of the molecule is CSC1=NCC(COc2ccc(-c3cnc[nH]3)cc2)=CN1.